The van der Waals surface area contributed by atoms with Crippen molar-refractivity contribution in [1.29, 1.82) is 0 Å². The first-order valence-electron chi connectivity index (χ1n) is 11.6. The van der Waals surface area contributed by atoms with E-state index in [0.717, 1.165) is 16.4 Å². The Labute approximate surface area is 228 Å². The molecule has 0 aliphatic heterocycles. The molecule has 3 aromatic carbocycles. The van der Waals surface area contributed by atoms with Gasteiger partial charge in [-0.15, -0.1) is 0 Å². The zero-order chi connectivity index (χ0) is 26.2. The summed E-state index contributed by atoms with van der Waals surface area (Å²) in [7, 11) is 3.06. The normalized spacial score (nSPS) is 10.5. The second-order valence-electron chi connectivity index (χ2n) is 8.17. The van der Waals surface area contributed by atoms with E-state index in [-0.39, 0.29) is 24.4 Å². The maximum absolute atomic E-state index is 12.4. The lowest BCUT2D eigenvalue weighted by molar-refractivity contribution is 0.0917. The number of benzene rings is 3. The van der Waals surface area contributed by atoms with Crippen LogP contribution in [0.25, 0.3) is 21.8 Å². The molecule has 0 spiro atoms. The molecule has 6 nitrogen and oxygen atoms in total. The number of pyridine rings is 2. The molecule has 2 heterocycles. The van der Waals surface area contributed by atoms with Crippen LogP contribution in [-0.2, 0) is 0 Å². The highest BCUT2D eigenvalue weighted by Gasteiger charge is 2.14. The van der Waals surface area contributed by atoms with E-state index in [1.54, 1.807) is 36.5 Å². The third-order valence-corrected chi connectivity index (χ3v) is 6.45. The lowest BCUT2D eigenvalue weighted by atomic mass is 10.0. The molecule has 0 saturated heterocycles. The van der Waals surface area contributed by atoms with Crippen LogP contribution in [0.4, 0.5) is 0 Å². The molecule has 5 rings (SSSR count). The monoisotopic (exact) mass is 604 g/mol. The maximum atomic E-state index is 12.4. The summed E-state index contributed by atoms with van der Waals surface area (Å²) in [6, 6.07) is 24.5. The molecule has 7 heteroatoms. The highest BCUT2D eigenvalue weighted by molar-refractivity contribution is 14.1. The summed E-state index contributed by atoms with van der Waals surface area (Å²) in [6.07, 6.45) is 3.79. The number of carbonyl (C=O) groups excluding carboxylic acids is 2. The van der Waals surface area contributed by atoms with E-state index in [1.165, 1.54) is 23.2 Å². The Hall–Kier alpha value is -3.85. The van der Waals surface area contributed by atoms with Crippen molar-refractivity contribution in [2.45, 2.75) is 12.8 Å². The Morgan fingerprint density at radius 2 is 1.22 bits per heavy atom. The van der Waals surface area contributed by atoms with E-state index in [2.05, 4.69) is 56.8 Å². The van der Waals surface area contributed by atoms with Gasteiger partial charge in [0.05, 0.1) is 25.3 Å². The highest BCUT2D eigenvalue weighted by atomic mass is 127. The maximum Gasteiger partial charge on any atom is 0.163 e. The number of aromatic nitrogens is 2. The molecule has 0 saturated carbocycles. The topological polar surface area (TPSA) is 78.4 Å². The fourth-order valence-corrected chi connectivity index (χ4v) is 4.28. The molecular formula is C30H25IN2O4. The molecule has 0 aliphatic rings. The van der Waals surface area contributed by atoms with Crippen molar-refractivity contribution in [1.82, 2.24) is 9.97 Å². The van der Waals surface area contributed by atoms with Crippen molar-refractivity contribution in [3.8, 4) is 11.5 Å². The summed E-state index contributed by atoms with van der Waals surface area (Å²) >= 11 is 2.29. The van der Waals surface area contributed by atoms with Gasteiger partial charge in [-0.1, -0.05) is 30.3 Å². The molecule has 0 N–H and O–H groups in total. The number of halogens is 1. The molecule has 0 radical (unpaired) electrons. The summed E-state index contributed by atoms with van der Waals surface area (Å²) in [6.45, 7) is 0. The standard InChI is InChI=1S/C21H19NO4.C9H6IN/c1-25-20-10-7-16(13-21(20)26-2)19(24)9-8-18(23)15-6-5-14-4-3-11-22-17(14)12-15;10-8-4-3-7-2-1-5-11-9(7)6-8/h3-7,10-13H,8-9H2,1-2H3;1-6H. The summed E-state index contributed by atoms with van der Waals surface area (Å²) in [5.74, 6) is 0.860. The average Bonchev–Trinajstić information content (AvgIpc) is 2.95. The minimum absolute atomic E-state index is 0.0774. The van der Waals surface area contributed by atoms with Crippen molar-refractivity contribution in [2.75, 3.05) is 14.2 Å². The van der Waals surface area contributed by atoms with E-state index >= 15 is 0 Å². The van der Waals surface area contributed by atoms with Gasteiger partial charge in [-0.05, 0) is 71.1 Å². The molecule has 0 unspecified atom stereocenters. The second kappa shape index (κ2) is 12.4. The largest absolute Gasteiger partial charge is 0.493 e. The van der Waals surface area contributed by atoms with Gasteiger partial charge >= 0.3 is 0 Å². The van der Waals surface area contributed by atoms with Gasteiger partial charge in [0.1, 0.15) is 0 Å². The van der Waals surface area contributed by atoms with E-state index in [4.69, 9.17) is 9.47 Å². The number of carbonyl (C=O) groups is 2. The second-order valence-corrected chi connectivity index (χ2v) is 9.41. The Morgan fingerprint density at radius 3 is 1.84 bits per heavy atom. The number of methoxy groups -OCH3 is 2. The summed E-state index contributed by atoms with van der Waals surface area (Å²) < 4.78 is 11.6. The smallest absolute Gasteiger partial charge is 0.163 e. The van der Waals surface area contributed by atoms with Gasteiger partial charge in [-0.3, -0.25) is 19.6 Å². The number of hydrogen-bond acceptors (Lipinski definition) is 6. The molecule has 186 valence electrons. The predicted octanol–water partition coefficient (Wildman–Crippen LogP) is 6.94. The molecule has 0 fully saturated rings. The van der Waals surface area contributed by atoms with E-state index in [0.29, 0.717) is 22.6 Å². The van der Waals surface area contributed by atoms with E-state index in [1.807, 2.05) is 30.5 Å². The van der Waals surface area contributed by atoms with Gasteiger partial charge in [0, 0.05) is 50.7 Å². The van der Waals surface area contributed by atoms with Crippen LogP contribution in [-0.4, -0.2) is 35.8 Å². The van der Waals surface area contributed by atoms with Crippen LogP contribution in [0.1, 0.15) is 33.6 Å². The van der Waals surface area contributed by atoms with Crippen LogP contribution in [0.2, 0.25) is 0 Å². The van der Waals surface area contributed by atoms with Crippen molar-refractivity contribution < 1.29 is 19.1 Å². The van der Waals surface area contributed by atoms with Gasteiger partial charge in [0.25, 0.3) is 0 Å². The molecular weight excluding hydrogens is 579 g/mol. The third kappa shape index (κ3) is 6.68. The lowest BCUT2D eigenvalue weighted by Crippen LogP contribution is -2.06. The Balaban J connectivity index is 0.000000241. The average molecular weight is 604 g/mol. The first kappa shape index (κ1) is 26.2. The van der Waals surface area contributed by atoms with Gasteiger partial charge in [0.15, 0.2) is 23.1 Å². The number of rotatable bonds is 7. The Morgan fingerprint density at radius 1 is 0.676 bits per heavy atom. The SMILES string of the molecule is COc1ccc(C(=O)CCC(=O)c2ccc3cccnc3c2)cc1OC.Ic1ccc2cccnc2c1. The van der Waals surface area contributed by atoms with Crippen LogP contribution < -0.4 is 9.47 Å². The van der Waals surface area contributed by atoms with Crippen molar-refractivity contribution in [2.24, 2.45) is 0 Å². The first-order valence-corrected chi connectivity index (χ1v) is 12.7. The van der Waals surface area contributed by atoms with Crippen molar-refractivity contribution in [3.63, 3.8) is 0 Å². The number of ether oxygens (including phenoxy) is 2. The van der Waals surface area contributed by atoms with Crippen LogP contribution in [0, 0.1) is 3.57 Å². The summed E-state index contributed by atoms with van der Waals surface area (Å²) in [5.41, 5.74) is 2.90. The zero-order valence-electron chi connectivity index (χ0n) is 20.5. The van der Waals surface area contributed by atoms with Crippen LogP contribution in [0.15, 0.2) is 91.3 Å². The fourth-order valence-electron chi connectivity index (χ4n) is 3.80. The fraction of sp³-hybridized carbons (Fsp3) is 0.133. The number of fused-ring (bicyclic) bond motifs is 2. The molecule has 5 aromatic rings. The minimum Gasteiger partial charge on any atom is -0.493 e. The number of hydrogen-bond donors (Lipinski definition) is 0. The molecule has 0 aliphatic carbocycles. The minimum atomic E-state index is -0.113. The zero-order valence-corrected chi connectivity index (χ0v) is 22.6. The molecule has 0 amide bonds. The Bertz CT molecular complexity index is 1570. The molecule has 37 heavy (non-hydrogen) atoms. The van der Waals surface area contributed by atoms with Crippen LogP contribution >= 0.6 is 22.6 Å². The lowest BCUT2D eigenvalue weighted by Gasteiger charge is -2.09. The summed E-state index contributed by atoms with van der Waals surface area (Å²) in [5, 5.41) is 2.18. The number of ketones is 2. The quantitative estimate of drug-likeness (QED) is 0.148. The van der Waals surface area contributed by atoms with Crippen molar-refractivity contribution >= 4 is 56.0 Å². The Kier molecular flexibility index (Phi) is 8.79. The van der Waals surface area contributed by atoms with Crippen LogP contribution in [0.5, 0.6) is 11.5 Å². The van der Waals surface area contributed by atoms with Gasteiger partial charge in [-0.2, -0.15) is 0 Å². The molecule has 0 bridgehead atoms. The molecule has 2 aromatic heterocycles. The molecule has 0 atom stereocenters. The van der Waals surface area contributed by atoms with E-state index < -0.39 is 0 Å². The predicted molar refractivity (Wildman–Crippen MR) is 154 cm³/mol. The van der Waals surface area contributed by atoms with Crippen molar-refractivity contribution in [3.05, 3.63) is 106 Å². The number of nitrogens with zero attached hydrogens (tertiary/aromatic N) is 2. The van der Waals surface area contributed by atoms with Gasteiger partial charge in [0.2, 0.25) is 0 Å². The van der Waals surface area contributed by atoms with E-state index in [9.17, 15) is 9.59 Å². The third-order valence-electron chi connectivity index (χ3n) is 5.78. The van der Waals surface area contributed by atoms with Crippen LogP contribution in [0.3, 0.4) is 0 Å². The summed E-state index contributed by atoms with van der Waals surface area (Å²) in [4.78, 5) is 33.3. The van der Waals surface area contributed by atoms with Gasteiger partial charge < -0.3 is 9.47 Å². The highest BCUT2D eigenvalue weighted by Crippen LogP contribution is 2.28. The van der Waals surface area contributed by atoms with Gasteiger partial charge in [-0.25, -0.2) is 0 Å². The number of Topliss-reactive ketones (excluding diaryl/α,β-unsaturated/α-hetero) is 2. The first-order chi connectivity index (χ1) is 18.0.